The fourth-order valence-corrected chi connectivity index (χ4v) is 5.43. The van der Waals surface area contributed by atoms with Crippen LogP contribution in [0.5, 0.6) is 0 Å². The second kappa shape index (κ2) is 8.97. The average molecular weight is 494 g/mol. The Morgan fingerprint density at radius 2 is 1.92 bits per heavy atom. The maximum Gasteiger partial charge on any atom is 0.242 e. The monoisotopic (exact) mass is 493 g/mol. The van der Waals surface area contributed by atoms with Gasteiger partial charge in [0.1, 0.15) is 23.2 Å². The Bertz CT molecular complexity index is 1300. The van der Waals surface area contributed by atoms with Crippen molar-refractivity contribution in [1.29, 1.82) is 0 Å². The van der Waals surface area contributed by atoms with Crippen LogP contribution in [0, 0.1) is 5.82 Å². The van der Waals surface area contributed by atoms with Gasteiger partial charge in [0, 0.05) is 42.5 Å². The molecule has 4 heterocycles. The molecule has 1 saturated carbocycles. The summed E-state index contributed by atoms with van der Waals surface area (Å²) in [4.78, 5) is 30.1. The number of nitrogens with two attached hydrogens (primary N) is 2. The quantitative estimate of drug-likeness (QED) is 0.450. The molecule has 2 aromatic heterocycles. The van der Waals surface area contributed by atoms with Crippen molar-refractivity contribution in [3.63, 3.8) is 0 Å². The number of imidazole rings is 1. The normalized spacial score (nSPS) is 22.6. The van der Waals surface area contributed by atoms with E-state index < -0.39 is 5.54 Å². The summed E-state index contributed by atoms with van der Waals surface area (Å²) in [5.74, 6) is -0.0187. The van der Waals surface area contributed by atoms with Gasteiger partial charge in [-0.25, -0.2) is 19.3 Å². The highest BCUT2D eigenvalue weighted by atomic mass is 19.1. The number of halogens is 1. The minimum absolute atomic E-state index is 0.0961. The van der Waals surface area contributed by atoms with Gasteiger partial charge >= 0.3 is 0 Å². The molecular formula is C25H32FN9O. The van der Waals surface area contributed by atoms with Crippen LogP contribution < -0.4 is 21.7 Å². The third-order valence-electron chi connectivity index (χ3n) is 7.69. The lowest BCUT2D eigenvalue weighted by Crippen LogP contribution is -2.56. The molecule has 3 aliphatic rings. The Balaban J connectivity index is 1.37. The van der Waals surface area contributed by atoms with Crippen LogP contribution in [0.25, 0.3) is 11.2 Å². The third-order valence-corrected chi connectivity index (χ3v) is 7.69. The number of aromatic nitrogens is 4. The molecule has 5 N–H and O–H groups in total. The lowest BCUT2D eigenvalue weighted by molar-refractivity contribution is -0.125. The summed E-state index contributed by atoms with van der Waals surface area (Å²) in [5, 5.41) is 3.06. The Kier molecular flexibility index (Phi) is 5.76. The molecule has 3 aromatic rings. The molecule has 1 unspecified atom stereocenters. The highest BCUT2D eigenvalue weighted by molar-refractivity contribution is 5.88. The van der Waals surface area contributed by atoms with Gasteiger partial charge in [0.25, 0.3) is 0 Å². The number of anilines is 2. The standard InChI is InChI=1S/C25H32FN9O/c26-19-5-6-20(34-10-7-25(28,13-34)24(36)32-16-3-4-16)18(17(19)11-33-8-1-2-9-33)12-35-15-31-21-22(27)29-14-30-23(21)35/h5-6,14-16H,1-4,7-13,28H2,(H,32,36)(H2,27,29,30). The van der Waals surface area contributed by atoms with Crippen LogP contribution in [0.4, 0.5) is 15.9 Å². The van der Waals surface area contributed by atoms with Crippen LogP contribution in [0.15, 0.2) is 24.8 Å². The van der Waals surface area contributed by atoms with Crippen molar-refractivity contribution < 1.29 is 9.18 Å². The molecule has 2 saturated heterocycles. The zero-order valence-corrected chi connectivity index (χ0v) is 20.3. The van der Waals surface area contributed by atoms with Crippen LogP contribution in [-0.4, -0.2) is 68.1 Å². The van der Waals surface area contributed by atoms with E-state index in [9.17, 15) is 4.79 Å². The van der Waals surface area contributed by atoms with Gasteiger partial charge in [0.15, 0.2) is 11.5 Å². The molecule has 1 aliphatic carbocycles. The molecule has 0 spiro atoms. The second-order valence-electron chi connectivity index (χ2n) is 10.4. The smallest absolute Gasteiger partial charge is 0.242 e. The van der Waals surface area contributed by atoms with Crippen LogP contribution in [-0.2, 0) is 17.9 Å². The predicted octanol–water partition coefficient (Wildman–Crippen LogP) is 1.38. The summed E-state index contributed by atoms with van der Waals surface area (Å²) in [6.07, 6.45) is 7.90. The number of nitrogen functional groups attached to an aromatic ring is 1. The van der Waals surface area contributed by atoms with Gasteiger partial charge in [-0.1, -0.05) is 0 Å². The second-order valence-corrected chi connectivity index (χ2v) is 10.4. The first-order valence-electron chi connectivity index (χ1n) is 12.7. The first kappa shape index (κ1) is 23.1. The molecule has 0 bridgehead atoms. The Morgan fingerprint density at radius 1 is 1.11 bits per heavy atom. The summed E-state index contributed by atoms with van der Waals surface area (Å²) in [6.45, 7) is 3.81. The molecule has 1 atom stereocenters. The van der Waals surface area contributed by atoms with Crippen molar-refractivity contribution in [1.82, 2.24) is 29.7 Å². The van der Waals surface area contributed by atoms with E-state index in [1.807, 2.05) is 10.6 Å². The van der Waals surface area contributed by atoms with E-state index in [0.717, 1.165) is 50.0 Å². The van der Waals surface area contributed by atoms with Gasteiger partial charge in [0.05, 0.1) is 12.9 Å². The highest BCUT2D eigenvalue weighted by Crippen LogP contribution is 2.34. The number of hydrogen-bond acceptors (Lipinski definition) is 8. The van der Waals surface area contributed by atoms with E-state index >= 15 is 4.39 Å². The van der Waals surface area contributed by atoms with Crippen molar-refractivity contribution in [2.24, 2.45) is 5.73 Å². The SMILES string of the molecule is Nc1ncnc2c1ncn2Cc1c(N2CCC(N)(C(=O)NC3CC3)C2)ccc(F)c1CN1CCCC1. The van der Waals surface area contributed by atoms with E-state index in [1.54, 1.807) is 6.33 Å². The first-order chi connectivity index (χ1) is 17.4. The molecule has 6 rings (SSSR count). The van der Waals surface area contributed by atoms with Crippen molar-refractivity contribution in [3.8, 4) is 0 Å². The summed E-state index contributed by atoms with van der Waals surface area (Å²) in [6, 6.07) is 3.60. The number of nitrogens with one attached hydrogen (secondary N) is 1. The molecule has 36 heavy (non-hydrogen) atoms. The predicted molar refractivity (Wildman–Crippen MR) is 135 cm³/mol. The molecule has 0 radical (unpaired) electrons. The van der Waals surface area contributed by atoms with Crippen molar-refractivity contribution >= 4 is 28.6 Å². The number of carbonyl (C=O) groups excluding carboxylic acids is 1. The Morgan fingerprint density at radius 3 is 2.69 bits per heavy atom. The van der Waals surface area contributed by atoms with Crippen molar-refractivity contribution in [2.75, 3.05) is 36.8 Å². The lowest BCUT2D eigenvalue weighted by atomic mass is 9.98. The fourth-order valence-electron chi connectivity index (χ4n) is 5.43. The number of hydrogen-bond donors (Lipinski definition) is 3. The van der Waals surface area contributed by atoms with Gasteiger partial charge in [-0.3, -0.25) is 9.69 Å². The van der Waals surface area contributed by atoms with E-state index in [-0.39, 0.29) is 17.8 Å². The Hall–Kier alpha value is -3.31. The number of nitrogens with zero attached hydrogens (tertiary/aromatic N) is 6. The summed E-state index contributed by atoms with van der Waals surface area (Å²) >= 11 is 0. The molecule has 11 heteroatoms. The summed E-state index contributed by atoms with van der Waals surface area (Å²) < 4.78 is 17.3. The molecule has 2 aliphatic heterocycles. The largest absolute Gasteiger partial charge is 0.382 e. The zero-order valence-electron chi connectivity index (χ0n) is 20.3. The van der Waals surface area contributed by atoms with Gasteiger partial charge in [-0.05, 0) is 57.3 Å². The average Bonchev–Trinajstić information content (AvgIpc) is 3.23. The number of carbonyl (C=O) groups is 1. The van der Waals surface area contributed by atoms with Crippen LogP contribution >= 0.6 is 0 Å². The highest BCUT2D eigenvalue weighted by Gasteiger charge is 2.43. The summed E-state index contributed by atoms with van der Waals surface area (Å²) in [7, 11) is 0. The van der Waals surface area contributed by atoms with Gasteiger partial charge in [0.2, 0.25) is 5.91 Å². The van der Waals surface area contributed by atoms with Crippen LogP contribution in [0.2, 0.25) is 0 Å². The fraction of sp³-hybridized carbons (Fsp3) is 0.520. The molecule has 1 aromatic carbocycles. The number of benzene rings is 1. The molecule has 3 fully saturated rings. The zero-order chi connectivity index (χ0) is 24.9. The van der Waals surface area contributed by atoms with E-state index in [1.165, 1.54) is 12.4 Å². The number of fused-ring (bicyclic) bond motifs is 1. The Labute approximate surface area is 208 Å². The minimum Gasteiger partial charge on any atom is -0.382 e. The van der Waals surface area contributed by atoms with Crippen molar-refractivity contribution in [3.05, 3.63) is 41.7 Å². The number of amides is 1. The molecule has 10 nitrogen and oxygen atoms in total. The van der Waals surface area contributed by atoms with E-state index in [0.29, 0.717) is 55.1 Å². The van der Waals surface area contributed by atoms with E-state index in [4.69, 9.17) is 11.5 Å². The third kappa shape index (κ3) is 4.26. The molecular weight excluding hydrogens is 461 g/mol. The first-order valence-corrected chi connectivity index (χ1v) is 12.7. The van der Waals surface area contributed by atoms with Crippen LogP contribution in [0.1, 0.15) is 43.2 Å². The maximum absolute atomic E-state index is 15.4. The molecule has 190 valence electrons. The number of likely N-dealkylation sites (tertiary alicyclic amines) is 1. The summed E-state index contributed by atoms with van der Waals surface area (Å²) in [5.41, 5.74) is 15.2. The van der Waals surface area contributed by atoms with Crippen LogP contribution in [0.3, 0.4) is 0 Å². The maximum atomic E-state index is 15.4. The molecule has 1 amide bonds. The van der Waals surface area contributed by atoms with Crippen molar-refractivity contribution in [2.45, 2.75) is 56.8 Å². The van der Waals surface area contributed by atoms with Gasteiger partial charge in [-0.15, -0.1) is 0 Å². The minimum atomic E-state index is -0.966. The van der Waals surface area contributed by atoms with Gasteiger partial charge in [-0.2, -0.15) is 0 Å². The van der Waals surface area contributed by atoms with Gasteiger partial charge < -0.3 is 26.3 Å². The topological polar surface area (TPSA) is 131 Å². The van der Waals surface area contributed by atoms with E-state index in [2.05, 4.69) is 30.1 Å². The number of rotatable bonds is 7. The lowest BCUT2D eigenvalue weighted by Gasteiger charge is -2.28.